The first-order valence-electron chi connectivity index (χ1n) is 6.78. The smallest absolute Gasteiger partial charge is 0.199 e. The lowest BCUT2D eigenvalue weighted by Crippen LogP contribution is -2.08. The van der Waals surface area contributed by atoms with Crippen LogP contribution in [0.15, 0.2) is 47.3 Å². The van der Waals surface area contributed by atoms with Crippen molar-refractivity contribution >= 4 is 32.8 Å². The molecule has 21 heavy (non-hydrogen) atoms. The average Bonchev–Trinajstić information content (AvgIpc) is 2.92. The molecule has 4 heteroatoms. The molecule has 2 aromatic carbocycles. The molecule has 0 atom stereocenters. The van der Waals surface area contributed by atoms with E-state index in [0.717, 1.165) is 27.5 Å². The predicted molar refractivity (Wildman–Crippen MR) is 85.1 cm³/mol. The summed E-state index contributed by atoms with van der Waals surface area (Å²) in [6, 6.07) is 13.5. The summed E-state index contributed by atoms with van der Waals surface area (Å²) in [5.74, 6) is 0.693. The molecule has 2 heterocycles. The van der Waals surface area contributed by atoms with Gasteiger partial charge in [-0.05, 0) is 24.3 Å². The van der Waals surface area contributed by atoms with Crippen LogP contribution in [0.2, 0.25) is 0 Å². The Balaban J connectivity index is 2.32. The number of pyridine rings is 1. The molecule has 4 rings (SSSR count). The third kappa shape index (κ3) is 1.53. The van der Waals surface area contributed by atoms with E-state index in [9.17, 15) is 4.79 Å². The highest BCUT2D eigenvalue weighted by molar-refractivity contribution is 6.09. The lowest BCUT2D eigenvalue weighted by molar-refractivity contribution is 0.415. The second kappa shape index (κ2) is 4.12. The first-order valence-corrected chi connectivity index (χ1v) is 6.78. The van der Waals surface area contributed by atoms with Gasteiger partial charge in [0.2, 0.25) is 0 Å². The average molecular weight is 278 g/mol. The number of aromatic amines is 1. The summed E-state index contributed by atoms with van der Waals surface area (Å²) in [5, 5.41) is 2.36. The molecule has 0 unspecified atom stereocenters. The van der Waals surface area contributed by atoms with E-state index in [4.69, 9.17) is 4.74 Å². The van der Waals surface area contributed by atoms with Crippen molar-refractivity contribution < 1.29 is 4.74 Å². The van der Waals surface area contributed by atoms with E-state index in [1.54, 1.807) is 13.2 Å². The number of methoxy groups -OCH3 is 1. The molecule has 0 aliphatic rings. The fourth-order valence-corrected chi connectivity index (χ4v) is 2.98. The highest BCUT2D eigenvalue weighted by Crippen LogP contribution is 2.26. The van der Waals surface area contributed by atoms with Crippen LogP contribution < -0.4 is 10.2 Å². The highest BCUT2D eigenvalue weighted by atomic mass is 16.5. The highest BCUT2D eigenvalue weighted by Gasteiger charge is 2.14. The molecule has 0 aliphatic heterocycles. The van der Waals surface area contributed by atoms with Crippen LogP contribution in [0.4, 0.5) is 0 Å². The van der Waals surface area contributed by atoms with E-state index >= 15 is 0 Å². The van der Waals surface area contributed by atoms with Gasteiger partial charge in [-0.3, -0.25) is 4.79 Å². The van der Waals surface area contributed by atoms with Crippen molar-refractivity contribution in [3.05, 3.63) is 52.7 Å². The zero-order valence-corrected chi connectivity index (χ0v) is 11.8. The Morgan fingerprint density at radius 3 is 2.71 bits per heavy atom. The number of aromatic nitrogens is 2. The van der Waals surface area contributed by atoms with Crippen LogP contribution >= 0.6 is 0 Å². The van der Waals surface area contributed by atoms with Gasteiger partial charge in [0, 0.05) is 18.0 Å². The molecule has 0 spiro atoms. The van der Waals surface area contributed by atoms with Gasteiger partial charge >= 0.3 is 0 Å². The standard InChI is InChI=1S/C17H14N2O2/c1-19-14-8-7-10(21-2)9-12(14)16(20)15-11-5-3-4-6-13(11)18-17(15)19/h3-9,18H,1-2H3. The molecule has 104 valence electrons. The summed E-state index contributed by atoms with van der Waals surface area (Å²) in [5.41, 5.74) is 2.75. The molecule has 0 amide bonds. The molecular formula is C17H14N2O2. The minimum atomic E-state index is 0.0365. The summed E-state index contributed by atoms with van der Waals surface area (Å²) < 4.78 is 7.26. The van der Waals surface area contributed by atoms with Crippen molar-refractivity contribution in [3.63, 3.8) is 0 Å². The minimum Gasteiger partial charge on any atom is -0.497 e. The first-order chi connectivity index (χ1) is 10.2. The maximum Gasteiger partial charge on any atom is 0.199 e. The number of nitrogens with zero attached hydrogens (tertiary/aromatic N) is 1. The molecule has 0 aliphatic carbocycles. The van der Waals surface area contributed by atoms with Crippen LogP contribution in [0, 0.1) is 0 Å². The number of rotatable bonds is 1. The van der Waals surface area contributed by atoms with E-state index in [-0.39, 0.29) is 5.43 Å². The zero-order valence-electron chi connectivity index (χ0n) is 11.8. The molecule has 1 N–H and O–H groups in total. The zero-order chi connectivity index (χ0) is 14.6. The summed E-state index contributed by atoms with van der Waals surface area (Å²) in [4.78, 5) is 16.2. The molecule has 0 saturated heterocycles. The summed E-state index contributed by atoms with van der Waals surface area (Å²) in [6.45, 7) is 0. The van der Waals surface area contributed by atoms with Crippen molar-refractivity contribution in [2.45, 2.75) is 0 Å². The van der Waals surface area contributed by atoms with Gasteiger partial charge in [0.05, 0.1) is 23.4 Å². The fourth-order valence-electron chi connectivity index (χ4n) is 2.98. The van der Waals surface area contributed by atoms with Crippen molar-refractivity contribution in [1.82, 2.24) is 9.55 Å². The molecule has 0 bridgehead atoms. The lowest BCUT2D eigenvalue weighted by Gasteiger charge is -2.08. The number of fused-ring (bicyclic) bond motifs is 4. The number of ether oxygens (including phenoxy) is 1. The molecular weight excluding hydrogens is 264 g/mol. The molecule has 2 aromatic heterocycles. The van der Waals surface area contributed by atoms with Gasteiger partial charge < -0.3 is 14.3 Å². The Labute approximate surface area is 120 Å². The Morgan fingerprint density at radius 1 is 1.10 bits per heavy atom. The van der Waals surface area contributed by atoms with Crippen LogP contribution in [0.1, 0.15) is 0 Å². The monoisotopic (exact) mass is 278 g/mol. The predicted octanol–water partition coefficient (Wildman–Crippen LogP) is 3.18. The largest absolute Gasteiger partial charge is 0.497 e. The molecule has 4 aromatic rings. The molecule has 0 saturated carbocycles. The molecule has 0 fully saturated rings. The van der Waals surface area contributed by atoms with Crippen LogP contribution in [0.25, 0.3) is 32.8 Å². The Kier molecular flexibility index (Phi) is 2.36. The lowest BCUT2D eigenvalue weighted by atomic mass is 10.1. The fraction of sp³-hybridized carbons (Fsp3) is 0.118. The third-order valence-corrected chi connectivity index (χ3v) is 4.06. The number of nitrogens with one attached hydrogen (secondary N) is 1. The second-order valence-electron chi connectivity index (χ2n) is 5.17. The number of hydrogen-bond donors (Lipinski definition) is 1. The van der Waals surface area contributed by atoms with Gasteiger partial charge in [0.15, 0.2) is 5.43 Å². The number of benzene rings is 2. The summed E-state index contributed by atoms with van der Waals surface area (Å²) in [7, 11) is 3.57. The topological polar surface area (TPSA) is 47.0 Å². The number of para-hydroxylation sites is 1. The summed E-state index contributed by atoms with van der Waals surface area (Å²) in [6.07, 6.45) is 0. The van der Waals surface area contributed by atoms with Crippen LogP contribution in [-0.4, -0.2) is 16.7 Å². The van der Waals surface area contributed by atoms with Crippen molar-refractivity contribution in [2.24, 2.45) is 7.05 Å². The minimum absolute atomic E-state index is 0.0365. The van der Waals surface area contributed by atoms with Gasteiger partial charge in [-0.15, -0.1) is 0 Å². The van der Waals surface area contributed by atoms with E-state index in [0.29, 0.717) is 11.1 Å². The van der Waals surface area contributed by atoms with Gasteiger partial charge in [-0.25, -0.2) is 0 Å². The quantitative estimate of drug-likeness (QED) is 0.581. The van der Waals surface area contributed by atoms with Crippen molar-refractivity contribution in [2.75, 3.05) is 7.11 Å². The van der Waals surface area contributed by atoms with Gasteiger partial charge in [0.1, 0.15) is 11.4 Å². The Bertz CT molecular complexity index is 1060. The SMILES string of the molecule is COc1ccc2c(c1)c(=O)c1c3ccccc3[nH]c1n2C. The van der Waals surface area contributed by atoms with E-state index in [1.807, 2.05) is 48.0 Å². The number of aryl methyl sites for hydroxylation is 1. The van der Waals surface area contributed by atoms with Crippen LogP contribution in [0.3, 0.4) is 0 Å². The second-order valence-corrected chi connectivity index (χ2v) is 5.17. The van der Waals surface area contributed by atoms with Crippen LogP contribution in [-0.2, 0) is 7.05 Å². The van der Waals surface area contributed by atoms with Crippen molar-refractivity contribution in [3.8, 4) is 5.75 Å². The number of hydrogen-bond acceptors (Lipinski definition) is 2. The van der Waals surface area contributed by atoms with Crippen LogP contribution in [0.5, 0.6) is 5.75 Å². The summed E-state index contributed by atoms with van der Waals surface area (Å²) >= 11 is 0. The van der Waals surface area contributed by atoms with E-state index in [2.05, 4.69) is 4.98 Å². The van der Waals surface area contributed by atoms with E-state index in [1.165, 1.54) is 0 Å². The first kappa shape index (κ1) is 12.0. The van der Waals surface area contributed by atoms with Gasteiger partial charge in [0.25, 0.3) is 0 Å². The molecule has 4 nitrogen and oxygen atoms in total. The Hall–Kier alpha value is -2.75. The van der Waals surface area contributed by atoms with E-state index < -0.39 is 0 Å². The normalized spacial score (nSPS) is 11.5. The van der Waals surface area contributed by atoms with Crippen molar-refractivity contribution in [1.29, 1.82) is 0 Å². The van der Waals surface area contributed by atoms with Gasteiger partial charge in [-0.1, -0.05) is 18.2 Å². The maximum atomic E-state index is 12.9. The van der Waals surface area contributed by atoms with Gasteiger partial charge in [-0.2, -0.15) is 0 Å². The molecule has 0 radical (unpaired) electrons. The number of H-pyrrole nitrogens is 1. The maximum absolute atomic E-state index is 12.9. The Morgan fingerprint density at radius 2 is 1.90 bits per heavy atom. The third-order valence-electron chi connectivity index (χ3n) is 4.06.